The highest BCUT2D eigenvalue weighted by Gasteiger charge is 2.19. The van der Waals surface area contributed by atoms with Crippen molar-refractivity contribution < 1.29 is 9.59 Å². The van der Waals surface area contributed by atoms with Crippen LogP contribution in [-0.2, 0) is 24.3 Å². The molecular weight excluding hydrogens is 460 g/mol. The van der Waals surface area contributed by atoms with Crippen LogP contribution in [0.2, 0.25) is 0 Å². The van der Waals surface area contributed by atoms with Crippen LogP contribution >= 0.6 is 11.3 Å². The second-order valence-corrected chi connectivity index (χ2v) is 9.43. The van der Waals surface area contributed by atoms with Gasteiger partial charge in [-0.1, -0.05) is 18.2 Å². The van der Waals surface area contributed by atoms with Gasteiger partial charge in [0.2, 0.25) is 5.91 Å². The van der Waals surface area contributed by atoms with Crippen molar-refractivity contribution in [2.24, 2.45) is 0 Å². The van der Waals surface area contributed by atoms with Gasteiger partial charge >= 0.3 is 0 Å². The van der Waals surface area contributed by atoms with Gasteiger partial charge in [0.1, 0.15) is 5.01 Å². The lowest BCUT2D eigenvalue weighted by Gasteiger charge is -2.17. The van der Waals surface area contributed by atoms with Crippen LogP contribution in [0.25, 0.3) is 21.3 Å². The van der Waals surface area contributed by atoms with Crippen LogP contribution in [0, 0.1) is 0 Å². The molecule has 9 heteroatoms. The van der Waals surface area contributed by atoms with E-state index in [0.29, 0.717) is 29.9 Å². The molecule has 0 spiro atoms. The van der Waals surface area contributed by atoms with Gasteiger partial charge in [0.25, 0.3) is 5.91 Å². The van der Waals surface area contributed by atoms with Gasteiger partial charge in [-0.05, 0) is 36.4 Å². The summed E-state index contributed by atoms with van der Waals surface area (Å²) in [6, 6.07) is 17.2. The number of benzene rings is 2. The Morgan fingerprint density at radius 1 is 1.06 bits per heavy atom. The fraction of sp³-hybridized carbons (Fsp3) is 0.192. The minimum absolute atomic E-state index is 0.166. The third-order valence-electron chi connectivity index (χ3n) is 5.66. The highest BCUT2D eigenvalue weighted by molar-refractivity contribution is 7.18. The Morgan fingerprint density at radius 2 is 1.89 bits per heavy atom. The lowest BCUT2D eigenvalue weighted by atomic mass is 10.1. The number of rotatable bonds is 7. The molecule has 3 aromatic heterocycles. The maximum atomic E-state index is 13.3. The van der Waals surface area contributed by atoms with Crippen LogP contribution in [0.5, 0.6) is 0 Å². The summed E-state index contributed by atoms with van der Waals surface area (Å²) in [5, 5.41) is 3.74. The Kier molecular flexibility index (Phi) is 6.24. The molecule has 0 saturated heterocycles. The smallest absolute Gasteiger partial charge is 0.254 e. The predicted molar refractivity (Wildman–Crippen MR) is 137 cm³/mol. The van der Waals surface area contributed by atoms with Gasteiger partial charge in [-0.3, -0.25) is 14.6 Å². The first-order chi connectivity index (χ1) is 17.0. The number of carbonyl (C=O) groups is 2. The molecule has 0 aliphatic carbocycles. The zero-order valence-electron chi connectivity index (χ0n) is 19.4. The normalized spacial score (nSPS) is 11.1. The zero-order chi connectivity index (χ0) is 24.4. The molecule has 2 amide bonds. The van der Waals surface area contributed by atoms with Crippen LogP contribution in [0.1, 0.15) is 28.0 Å². The Hall–Kier alpha value is -4.11. The van der Waals surface area contributed by atoms with Crippen molar-refractivity contribution in [2.75, 3.05) is 12.4 Å². The Bertz CT molecular complexity index is 1490. The van der Waals surface area contributed by atoms with E-state index in [0.717, 1.165) is 32.9 Å². The molecular formula is C26H24N6O2S. The Labute approximate surface area is 206 Å². The van der Waals surface area contributed by atoms with Crippen molar-refractivity contribution in [3.05, 3.63) is 83.4 Å². The summed E-state index contributed by atoms with van der Waals surface area (Å²) >= 11 is 1.58. The molecule has 0 unspecified atom stereocenters. The minimum Gasteiger partial charge on any atom is -0.335 e. The van der Waals surface area contributed by atoms with Crippen LogP contribution in [0.15, 0.2) is 67.1 Å². The van der Waals surface area contributed by atoms with Crippen LogP contribution in [0.3, 0.4) is 0 Å². The number of thiazole rings is 1. The van der Waals surface area contributed by atoms with Crippen molar-refractivity contribution in [3.8, 4) is 0 Å². The van der Waals surface area contributed by atoms with Gasteiger partial charge in [-0.15, -0.1) is 11.3 Å². The number of nitrogens with one attached hydrogen (secondary N) is 1. The van der Waals surface area contributed by atoms with E-state index in [1.165, 1.54) is 6.92 Å². The molecule has 8 nitrogen and oxygen atoms in total. The number of fused-ring (bicyclic) bond motifs is 2. The quantitative estimate of drug-likeness (QED) is 0.367. The van der Waals surface area contributed by atoms with E-state index in [9.17, 15) is 9.59 Å². The van der Waals surface area contributed by atoms with Crippen molar-refractivity contribution in [1.82, 2.24) is 24.4 Å². The number of imidazole rings is 1. The molecule has 0 saturated carbocycles. The van der Waals surface area contributed by atoms with Crippen LogP contribution < -0.4 is 5.32 Å². The highest BCUT2D eigenvalue weighted by atomic mass is 32.1. The lowest BCUT2D eigenvalue weighted by molar-refractivity contribution is -0.114. The first-order valence-electron chi connectivity index (χ1n) is 11.2. The van der Waals surface area contributed by atoms with E-state index >= 15 is 0 Å². The Balaban J connectivity index is 1.42. The number of pyridine rings is 1. The van der Waals surface area contributed by atoms with E-state index in [-0.39, 0.29) is 11.8 Å². The summed E-state index contributed by atoms with van der Waals surface area (Å²) < 4.78 is 3.07. The van der Waals surface area contributed by atoms with Gasteiger partial charge in [0.05, 0.1) is 39.8 Å². The standard InChI is InChI=1S/C26H24N6O2S/c1-17(33)29-22-14-18(26(34)31(2)15-24-30-20-8-3-4-9-23(20)35-24)13-21-25(22)32(16-28-21)12-10-19-7-5-6-11-27-19/h3-9,11,13-14,16H,10,12,15H2,1-2H3,(H,29,33). The van der Waals surface area contributed by atoms with Gasteiger partial charge in [0, 0.05) is 44.4 Å². The second-order valence-electron chi connectivity index (χ2n) is 8.32. The number of nitrogens with zero attached hydrogens (tertiary/aromatic N) is 5. The van der Waals surface area contributed by atoms with Crippen molar-refractivity contribution in [1.29, 1.82) is 0 Å². The predicted octanol–water partition coefficient (Wildman–Crippen LogP) is 4.51. The van der Waals surface area contributed by atoms with Crippen LogP contribution in [-0.4, -0.2) is 43.3 Å². The average Bonchev–Trinajstić information content (AvgIpc) is 3.46. The number of anilines is 1. The number of hydrogen-bond donors (Lipinski definition) is 1. The number of carbonyl (C=O) groups excluding carboxylic acids is 2. The van der Waals surface area contributed by atoms with Gasteiger partial charge in [-0.2, -0.15) is 0 Å². The minimum atomic E-state index is -0.212. The average molecular weight is 485 g/mol. The summed E-state index contributed by atoms with van der Waals surface area (Å²) in [6.45, 7) is 2.49. The molecule has 35 heavy (non-hydrogen) atoms. The monoisotopic (exact) mass is 484 g/mol. The summed E-state index contributed by atoms with van der Waals surface area (Å²) in [7, 11) is 1.75. The van der Waals surface area contributed by atoms with Crippen LogP contribution in [0.4, 0.5) is 5.69 Å². The summed E-state index contributed by atoms with van der Waals surface area (Å²) in [5.41, 5.74) is 4.35. The molecule has 0 aliphatic heterocycles. The second kappa shape index (κ2) is 9.63. The highest BCUT2D eigenvalue weighted by Crippen LogP contribution is 2.27. The topological polar surface area (TPSA) is 93.0 Å². The van der Waals surface area contributed by atoms with Gasteiger partial charge in [-0.25, -0.2) is 9.97 Å². The summed E-state index contributed by atoms with van der Waals surface area (Å²) in [6.07, 6.45) is 4.22. The molecule has 2 aromatic carbocycles. The van der Waals surface area contributed by atoms with Crippen molar-refractivity contribution in [3.63, 3.8) is 0 Å². The number of hydrogen-bond acceptors (Lipinski definition) is 6. The van der Waals surface area contributed by atoms with Crippen molar-refractivity contribution >= 4 is 50.1 Å². The molecule has 0 fully saturated rings. The molecule has 3 heterocycles. The van der Waals surface area contributed by atoms with E-state index < -0.39 is 0 Å². The van der Waals surface area contributed by atoms with Gasteiger partial charge < -0.3 is 14.8 Å². The summed E-state index contributed by atoms with van der Waals surface area (Å²) in [4.78, 5) is 40.4. The fourth-order valence-electron chi connectivity index (χ4n) is 4.05. The maximum Gasteiger partial charge on any atom is 0.254 e. The molecule has 1 N–H and O–H groups in total. The van der Waals surface area contributed by atoms with E-state index in [1.807, 2.05) is 47.0 Å². The number of aryl methyl sites for hydroxylation is 2. The SMILES string of the molecule is CC(=O)Nc1cc(C(=O)N(C)Cc2nc3ccccc3s2)cc2ncn(CCc3ccccn3)c12. The first kappa shape index (κ1) is 22.7. The van der Waals surface area contributed by atoms with E-state index in [2.05, 4.69) is 20.3 Å². The molecule has 0 radical (unpaired) electrons. The fourth-order valence-corrected chi connectivity index (χ4v) is 5.07. The maximum absolute atomic E-state index is 13.3. The molecule has 176 valence electrons. The molecule has 0 bridgehead atoms. The zero-order valence-corrected chi connectivity index (χ0v) is 20.2. The number of aromatic nitrogens is 4. The Morgan fingerprint density at radius 3 is 2.66 bits per heavy atom. The van der Waals surface area contributed by atoms with E-state index in [1.54, 1.807) is 47.9 Å². The summed E-state index contributed by atoms with van der Waals surface area (Å²) in [5.74, 6) is -0.378. The number of para-hydroxylation sites is 1. The largest absolute Gasteiger partial charge is 0.335 e. The third-order valence-corrected chi connectivity index (χ3v) is 6.68. The van der Waals surface area contributed by atoms with Gasteiger partial charge in [0.15, 0.2) is 0 Å². The molecule has 5 rings (SSSR count). The molecule has 5 aromatic rings. The molecule has 0 aliphatic rings. The van der Waals surface area contributed by atoms with Crippen molar-refractivity contribution in [2.45, 2.75) is 26.4 Å². The third kappa shape index (κ3) is 4.90. The first-order valence-corrected chi connectivity index (χ1v) is 12.1. The lowest BCUT2D eigenvalue weighted by Crippen LogP contribution is -2.26. The number of amides is 2. The van der Waals surface area contributed by atoms with E-state index in [4.69, 9.17) is 0 Å². The molecule has 0 atom stereocenters.